The van der Waals surface area contributed by atoms with E-state index in [1.165, 1.54) is 42.5 Å². The topological polar surface area (TPSA) is 32.3 Å². The molecule has 0 bridgehead atoms. The molecule has 0 saturated carbocycles. The summed E-state index contributed by atoms with van der Waals surface area (Å²) in [6, 6.07) is 2.64. The fourth-order valence-corrected chi connectivity index (χ4v) is 4.55. The molecule has 0 spiro atoms. The number of hydrogen-bond donors (Lipinski definition) is 1. The van der Waals surface area contributed by atoms with Crippen LogP contribution in [0.4, 0.5) is 0 Å². The average Bonchev–Trinajstić information content (AvgIpc) is 2.77. The van der Waals surface area contributed by atoms with Crippen molar-refractivity contribution in [1.82, 2.24) is 10.2 Å². The maximum atomic E-state index is 12.7. The van der Waals surface area contributed by atoms with Gasteiger partial charge < -0.3 is 10.2 Å². The van der Waals surface area contributed by atoms with Gasteiger partial charge in [-0.3, -0.25) is 4.79 Å². The van der Waals surface area contributed by atoms with E-state index in [-0.39, 0.29) is 18.3 Å². The van der Waals surface area contributed by atoms with Gasteiger partial charge in [-0.15, -0.1) is 23.7 Å². The molecule has 1 N–H and O–H groups in total. The monoisotopic (exact) mass is 328 g/mol. The minimum absolute atomic E-state index is 0. The second-order valence-electron chi connectivity index (χ2n) is 6.00. The van der Waals surface area contributed by atoms with Crippen molar-refractivity contribution < 1.29 is 4.79 Å². The molecule has 1 aromatic heterocycles. The number of halogens is 1. The first-order valence-electron chi connectivity index (χ1n) is 7.86. The predicted octanol–water partition coefficient (Wildman–Crippen LogP) is 3.26. The van der Waals surface area contributed by atoms with Crippen LogP contribution >= 0.6 is 23.7 Å². The van der Waals surface area contributed by atoms with Crippen LogP contribution in [0.5, 0.6) is 0 Å². The lowest BCUT2D eigenvalue weighted by atomic mass is 10.1. The molecular formula is C16H25ClN2OS. The van der Waals surface area contributed by atoms with E-state index in [0.29, 0.717) is 6.04 Å². The van der Waals surface area contributed by atoms with Gasteiger partial charge in [-0.25, -0.2) is 0 Å². The highest BCUT2D eigenvalue weighted by Crippen LogP contribution is 2.30. The molecule has 0 radical (unpaired) electrons. The number of nitrogens with one attached hydrogen (secondary N) is 1. The second kappa shape index (κ2) is 7.61. The molecule has 1 aromatic rings. The molecular weight excluding hydrogens is 304 g/mol. The Morgan fingerprint density at radius 1 is 1.29 bits per heavy atom. The van der Waals surface area contributed by atoms with Gasteiger partial charge in [0, 0.05) is 24.0 Å². The lowest BCUT2D eigenvalue weighted by Crippen LogP contribution is -2.46. The van der Waals surface area contributed by atoms with Crippen molar-refractivity contribution in [3.8, 4) is 0 Å². The number of fused-ring (bicyclic) bond motifs is 1. The van der Waals surface area contributed by atoms with E-state index < -0.39 is 0 Å². The van der Waals surface area contributed by atoms with Crippen molar-refractivity contribution in [1.29, 1.82) is 0 Å². The Balaban J connectivity index is 0.00000161. The number of nitrogens with zero attached hydrogens (tertiary/aromatic N) is 1. The number of carbonyl (C=O) groups is 1. The number of carbonyl (C=O) groups excluding carboxylic acids is 1. The molecule has 1 unspecified atom stereocenters. The Kier molecular flexibility index (Phi) is 6.08. The molecule has 2 heterocycles. The summed E-state index contributed by atoms with van der Waals surface area (Å²) in [6.45, 7) is 1.78. The summed E-state index contributed by atoms with van der Waals surface area (Å²) in [5, 5.41) is 3.31. The number of likely N-dealkylation sites (N-methyl/N-ethyl adjacent to an activating group) is 1. The summed E-state index contributed by atoms with van der Waals surface area (Å²) in [6.07, 6.45) is 8.53. The van der Waals surface area contributed by atoms with Gasteiger partial charge in [0.15, 0.2) is 0 Å². The van der Waals surface area contributed by atoms with Gasteiger partial charge in [0.25, 0.3) is 5.91 Å². The van der Waals surface area contributed by atoms with E-state index in [1.807, 2.05) is 11.9 Å². The quantitative estimate of drug-likeness (QED) is 0.845. The summed E-state index contributed by atoms with van der Waals surface area (Å²) in [5.74, 6) is 0.253. The second-order valence-corrected chi connectivity index (χ2v) is 7.14. The summed E-state index contributed by atoms with van der Waals surface area (Å²) in [7, 11) is 1.99. The maximum Gasteiger partial charge on any atom is 0.263 e. The molecule has 0 aromatic carbocycles. The van der Waals surface area contributed by atoms with Crippen molar-refractivity contribution in [3.63, 3.8) is 0 Å². The molecule has 1 aliphatic carbocycles. The molecule has 1 aliphatic heterocycles. The van der Waals surface area contributed by atoms with Crippen LogP contribution < -0.4 is 5.32 Å². The molecule has 1 fully saturated rings. The summed E-state index contributed by atoms with van der Waals surface area (Å²) in [5.41, 5.74) is 1.44. The van der Waals surface area contributed by atoms with Crippen LogP contribution in [-0.4, -0.2) is 37.0 Å². The Hall–Kier alpha value is -0.580. The Morgan fingerprint density at radius 2 is 2.10 bits per heavy atom. The number of rotatable bonds is 2. The highest BCUT2D eigenvalue weighted by atomic mass is 35.5. The Labute approximate surface area is 137 Å². The van der Waals surface area contributed by atoms with E-state index in [0.717, 1.165) is 30.8 Å². The zero-order valence-corrected chi connectivity index (χ0v) is 14.3. The van der Waals surface area contributed by atoms with Crippen molar-refractivity contribution in [2.24, 2.45) is 0 Å². The van der Waals surface area contributed by atoms with Crippen LogP contribution in [0.1, 0.15) is 52.2 Å². The van der Waals surface area contributed by atoms with Crippen LogP contribution in [0.2, 0.25) is 0 Å². The molecule has 1 amide bonds. The lowest BCUT2D eigenvalue weighted by Gasteiger charge is -2.32. The predicted molar refractivity (Wildman–Crippen MR) is 90.8 cm³/mol. The minimum Gasteiger partial charge on any atom is -0.336 e. The smallest absolute Gasteiger partial charge is 0.263 e. The van der Waals surface area contributed by atoms with Crippen LogP contribution in [0.25, 0.3) is 0 Å². The molecule has 1 atom stereocenters. The Bertz CT molecular complexity index is 465. The van der Waals surface area contributed by atoms with Gasteiger partial charge >= 0.3 is 0 Å². The number of piperidine rings is 1. The van der Waals surface area contributed by atoms with Crippen LogP contribution in [0.3, 0.4) is 0 Å². The maximum absolute atomic E-state index is 12.7. The van der Waals surface area contributed by atoms with Crippen LogP contribution in [0, 0.1) is 0 Å². The van der Waals surface area contributed by atoms with E-state index >= 15 is 0 Å². The van der Waals surface area contributed by atoms with E-state index in [4.69, 9.17) is 0 Å². The molecule has 3 nitrogen and oxygen atoms in total. The highest BCUT2D eigenvalue weighted by molar-refractivity contribution is 7.14. The van der Waals surface area contributed by atoms with Gasteiger partial charge in [0.1, 0.15) is 0 Å². The summed E-state index contributed by atoms with van der Waals surface area (Å²) >= 11 is 1.75. The van der Waals surface area contributed by atoms with E-state index in [9.17, 15) is 4.79 Å². The molecule has 5 heteroatoms. The highest BCUT2D eigenvalue weighted by Gasteiger charge is 2.25. The fourth-order valence-electron chi connectivity index (χ4n) is 3.33. The van der Waals surface area contributed by atoms with Crippen LogP contribution in [0.15, 0.2) is 6.07 Å². The third-order valence-electron chi connectivity index (χ3n) is 4.57. The average molecular weight is 329 g/mol. The first-order valence-corrected chi connectivity index (χ1v) is 8.67. The van der Waals surface area contributed by atoms with E-state index in [2.05, 4.69) is 11.4 Å². The van der Waals surface area contributed by atoms with Gasteiger partial charge in [0.2, 0.25) is 0 Å². The zero-order chi connectivity index (χ0) is 13.9. The van der Waals surface area contributed by atoms with Gasteiger partial charge in [-0.2, -0.15) is 0 Å². The minimum atomic E-state index is 0. The van der Waals surface area contributed by atoms with Gasteiger partial charge in [-0.05, 0) is 57.2 Å². The van der Waals surface area contributed by atoms with Crippen LogP contribution in [-0.2, 0) is 12.8 Å². The number of hydrogen-bond acceptors (Lipinski definition) is 3. The Morgan fingerprint density at radius 3 is 2.90 bits per heavy atom. The van der Waals surface area contributed by atoms with Crippen molar-refractivity contribution >= 4 is 29.7 Å². The third kappa shape index (κ3) is 3.79. The first kappa shape index (κ1) is 16.8. The van der Waals surface area contributed by atoms with E-state index in [1.54, 1.807) is 11.3 Å². The summed E-state index contributed by atoms with van der Waals surface area (Å²) < 4.78 is 0. The fraction of sp³-hybridized carbons (Fsp3) is 0.688. The number of thiophene rings is 1. The first-order chi connectivity index (χ1) is 9.78. The lowest BCUT2D eigenvalue weighted by molar-refractivity contribution is 0.0703. The normalized spacial score (nSPS) is 22.1. The largest absolute Gasteiger partial charge is 0.336 e. The molecule has 21 heavy (non-hydrogen) atoms. The number of likely N-dealkylation sites (tertiary alicyclic amines) is 1. The molecule has 1 saturated heterocycles. The number of amides is 1. The van der Waals surface area contributed by atoms with Crippen molar-refractivity contribution in [2.75, 3.05) is 20.1 Å². The van der Waals surface area contributed by atoms with Crippen molar-refractivity contribution in [2.45, 2.75) is 51.0 Å². The molecule has 118 valence electrons. The van der Waals surface area contributed by atoms with Crippen molar-refractivity contribution in [3.05, 3.63) is 21.4 Å². The van der Waals surface area contributed by atoms with Gasteiger partial charge in [0.05, 0.1) is 4.88 Å². The summed E-state index contributed by atoms with van der Waals surface area (Å²) in [4.78, 5) is 17.1. The standard InChI is InChI=1S/C16H24N2OS.ClH/c1-17-13-7-5-9-18(11-13)16(19)15-10-12-6-3-2-4-8-14(12)20-15;/h10,13,17H,2-9,11H2,1H3;1H. The number of aryl methyl sites for hydroxylation is 2. The SMILES string of the molecule is CNC1CCCN(C(=O)c2cc3c(s2)CCCCC3)C1.Cl. The third-order valence-corrected chi connectivity index (χ3v) is 5.80. The molecule has 3 rings (SSSR count). The molecule has 2 aliphatic rings. The van der Waals surface area contributed by atoms with Gasteiger partial charge in [-0.1, -0.05) is 6.42 Å². The zero-order valence-electron chi connectivity index (χ0n) is 12.7.